The van der Waals surface area contributed by atoms with E-state index in [0.717, 1.165) is 22.5 Å². The standard InChI is InChI=1S/C27H28N6O4S/c34-13-10-29-27(35)19-8-11-33(12-9-19)26-18-30-24-7-6-20(15-25(24)31-26)21-14-22(17-28-16-21)32-38(36,37)23-4-2-1-3-5-23/h1-7,14-19,32,34H,8-13H2,(H,29,35). The third kappa shape index (κ3) is 5.74. The maximum absolute atomic E-state index is 12.7. The highest BCUT2D eigenvalue weighted by Crippen LogP contribution is 2.28. The Balaban J connectivity index is 1.33. The number of sulfonamides is 1. The van der Waals surface area contributed by atoms with Gasteiger partial charge in [-0.15, -0.1) is 0 Å². The number of aromatic nitrogens is 3. The fourth-order valence-corrected chi connectivity index (χ4v) is 5.55. The van der Waals surface area contributed by atoms with Crippen molar-refractivity contribution in [2.75, 3.05) is 35.9 Å². The number of carbonyl (C=O) groups excluding carboxylic acids is 1. The van der Waals surface area contributed by atoms with Gasteiger partial charge in [0, 0.05) is 37.3 Å². The van der Waals surface area contributed by atoms with E-state index < -0.39 is 10.0 Å². The lowest BCUT2D eigenvalue weighted by Crippen LogP contribution is -2.41. The second kappa shape index (κ2) is 11.1. The molecule has 1 fully saturated rings. The molecule has 0 bridgehead atoms. The molecule has 2 aromatic heterocycles. The summed E-state index contributed by atoms with van der Waals surface area (Å²) in [6.45, 7) is 1.58. The molecule has 3 N–H and O–H groups in total. The van der Waals surface area contributed by atoms with Gasteiger partial charge >= 0.3 is 0 Å². The smallest absolute Gasteiger partial charge is 0.261 e. The third-order valence-corrected chi connectivity index (χ3v) is 7.90. The van der Waals surface area contributed by atoms with Crippen molar-refractivity contribution in [3.05, 3.63) is 73.2 Å². The highest BCUT2D eigenvalue weighted by atomic mass is 32.2. The van der Waals surface area contributed by atoms with Gasteiger partial charge in [0.05, 0.1) is 40.6 Å². The van der Waals surface area contributed by atoms with E-state index in [-0.39, 0.29) is 29.9 Å². The number of rotatable bonds is 8. The molecule has 0 aliphatic carbocycles. The van der Waals surface area contributed by atoms with Gasteiger partial charge in [-0.3, -0.25) is 19.5 Å². The minimum Gasteiger partial charge on any atom is -0.395 e. The van der Waals surface area contributed by atoms with Gasteiger partial charge in [0.1, 0.15) is 5.82 Å². The fraction of sp³-hybridized carbons (Fsp3) is 0.259. The van der Waals surface area contributed by atoms with E-state index >= 15 is 0 Å². The molecule has 1 saturated heterocycles. The first-order valence-corrected chi connectivity index (χ1v) is 13.8. The van der Waals surface area contributed by atoms with Crippen molar-refractivity contribution >= 4 is 38.5 Å². The number of hydrogen-bond donors (Lipinski definition) is 3. The largest absolute Gasteiger partial charge is 0.395 e. The highest BCUT2D eigenvalue weighted by molar-refractivity contribution is 7.92. The van der Waals surface area contributed by atoms with E-state index in [4.69, 9.17) is 10.1 Å². The van der Waals surface area contributed by atoms with Crippen molar-refractivity contribution in [1.29, 1.82) is 0 Å². The summed E-state index contributed by atoms with van der Waals surface area (Å²) in [5.41, 5.74) is 3.37. The summed E-state index contributed by atoms with van der Waals surface area (Å²) < 4.78 is 28.0. The van der Waals surface area contributed by atoms with Crippen LogP contribution in [-0.4, -0.2) is 60.6 Å². The predicted octanol–water partition coefficient (Wildman–Crippen LogP) is 2.82. The quantitative estimate of drug-likeness (QED) is 0.315. The van der Waals surface area contributed by atoms with E-state index in [0.29, 0.717) is 37.1 Å². The maximum Gasteiger partial charge on any atom is 0.261 e. The van der Waals surface area contributed by atoms with Crippen molar-refractivity contribution < 1.29 is 18.3 Å². The van der Waals surface area contributed by atoms with Crippen LogP contribution in [0.15, 0.2) is 78.1 Å². The van der Waals surface area contributed by atoms with Gasteiger partial charge in [0.2, 0.25) is 5.91 Å². The Hall–Kier alpha value is -4.09. The molecule has 1 aliphatic heterocycles. The van der Waals surface area contributed by atoms with Crippen LogP contribution >= 0.6 is 0 Å². The average Bonchev–Trinajstić information content (AvgIpc) is 2.96. The van der Waals surface area contributed by atoms with E-state index in [9.17, 15) is 13.2 Å². The number of aliphatic hydroxyl groups is 1. The van der Waals surface area contributed by atoms with Gasteiger partial charge in [-0.1, -0.05) is 24.3 Å². The summed E-state index contributed by atoms with van der Waals surface area (Å²) in [5.74, 6) is 0.651. The predicted molar refractivity (Wildman–Crippen MR) is 145 cm³/mol. The normalized spacial score (nSPS) is 14.4. The zero-order valence-electron chi connectivity index (χ0n) is 20.6. The molecule has 0 spiro atoms. The Morgan fingerprint density at radius 2 is 1.76 bits per heavy atom. The number of nitrogens with zero attached hydrogens (tertiary/aromatic N) is 4. The zero-order valence-corrected chi connectivity index (χ0v) is 21.4. The van der Waals surface area contributed by atoms with Crippen LogP contribution in [-0.2, 0) is 14.8 Å². The minimum absolute atomic E-state index is 0.0187. The lowest BCUT2D eigenvalue weighted by atomic mass is 9.96. The van der Waals surface area contributed by atoms with Crippen molar-refractivity contribution in [3.63, 3.8) is 0 Å². The van der Waals surface area contributed by atoms with Crippen LogP contribution in [0.5, 0.6) is 0 Å². The molecule has 38 heavy (non-hydrogen) atoms. The molecule has 0 unspecified atom stereocenters. The number of hydrogen-bond acceptors (Lipinski definition) is 8. The van der Waals surface area contributed by atoms with Crippen molar-refractivity contribution in [2.45, 2.75) is 17.7 Å². The molecule has 5 rings (SSSR count). The number of carbonyl (C=O) groups is 1. The van der Waals surface area contributed by atoms with Crippen molar-refractivity contribution in [1.82, 2.24) is 20.3 Å². The molecule has 1 amide bonds. The van der Waals surface area contributed by atoms with Crippen LogP contribution in [0.1, 0.15) is 12.8 Å². The number of pyridine rings is 1. The Morgan fingerprint density at radius 3 is 2.53 bits per heavy atom. The van der Waals surface area contributed by atoms with E-state index in [1.807, 2.05) is 18.2 Å². The minimum atomic E-state index is -3.73. The first-order valence-electron chi connectivity index (χ1n) is 12.4. The number of anilines is 2. The Kier molecular flexibility index (Phi) is 7.47. The van der Waals surface area contributed by atoms with E-state index in [1.54, 1.807) is 36.7 Å². The van der Waals surface area contributed by atoms with Crippen molar-refractivity contribution in [3.8, 4) is 11.1 Å². The lowest BCUT2D eigenvalue weighted by molar-refractivity contribution is -0.125. The molecular formula is C27H28N6O4S. The Labute approximate surface area is 220 Å². The summed E-state index contributed by atoms with van der Waals surface area (Å²) in [7, 11) is -3.73. The molecular weight excluding hydrogens is 504 g/mol. The monoisotopic (exact) mass is 532 g/mol. The summed E-state index contributed by atoms with van der Waals surface area (Å²) >= 11 is 0. The Bertz CT molecular complexity index is 1540. The third-order valence-electron chi connectivity index (χ3n) is 6.51. The molecule has 10 nitrogen and oxygen atoms in total. The van der Waals surface area contributed by atoms with Gasteiger partial charge in [0.25, 0.3) is 10.0 Å². The van der Waals surface area contributed by atoms with E-state index in [1.165, 1.54) is 18.3 Å². The van der Waals surface area contributed by atoms with Gasteiger partial charge in [-0.05, 0) is 48.7 Å². The van der Waals surface area contributed by atoms with Crippen LogP contribution in [0, 0.1) is 5.92 Å². The number of aliphatic hydroxyl groups excluding tert-OH is 1. The molecule has 11 heteroatoms. The van der Waals surface area contributed by atoms with Gasteiger partial charge in [0.15, 0.2) is 0 Å². The van der Waals surface area contributed by atoms with Gasteiger partial charge in [-0.2, -0.15) is 0 Å². The van der Waals surface area contributed by atoms with Crippen LogP contribution in [0.3, 0.4) is 0 Å². The number of fused-ring (bicyclic) bond motifs is 1. The van der Waals surface area contributed by atoms with Gasteiger partial charge in [-0.25, -0.2) is 13.4 Å². The maximum atomic E-state index is 12.7. The van der Waals surface area contributed by atoms with Gasteiger partial charge < -0.3 is 15.3 Å². The molecule has 4 aromatic rings. The topological polar surface area (TPSA) is 137 Å². The number of amides is 1. The average molecular weight is 533 g/mol. The zero-order chi connectivity index (χ0) is 26.5. The molecule has 0 atom stereocenters. The molecule has 0 saturated carbocycles. The lowest BCUT2D eigenvalue weighted by Gasteiger charge is -2.32. The van der Waals surface area contributed by atoms with Crippen LogP contribution in [0.2, 0.25) is 0 Å². The van der Waals surface area contributed by atoms with Crippen molar-refractivity contribution in [2.24, 2.45) is 5.92 Å². The summed E-state index contributed by atoms with van der Waals surface area (Å²) in [6.07, 6.45) is 6.29. The summed E-state index contributed by atoms with van der Waals surface area (Å²) in [4.78, 5) is 28.1. The SMILES string of the molecule is O=C(NCCO)C1CCN(c2cnc3ccc(-c4cncc(NS(=O)(=O)c5ccccc5)c4)cc3n2)CC1. The Morgan fingerprint density at radius 1 is 0.974 bits per heavy atom. The summed E-state index contributed by atoms with van der Waals surface area (Å²) in [6, 6.07) is 15.6. The van der Waals surface area contributed by atoms with Crippen LogP contribution < -0.4 is 14.9 Å². The molecule has 2 aromatic carbocycles. The van der Waals surface area contributed by atoms with Crippen LogP contribution in [0.25, 0.3) is 22.2 Å². The van der Waals surface area contributed by atoms with E-state index in [2.05, 4.69) is 24.9 Å². The number of piperidine rings is 1. The first kappa shape index (κ1) is 25.6. The molecule has 0 radical (unpaired) electrons. The molecule has 1 aliphatic rings. The molecule has 196 valence electrons. The van der Waals surface area contributed by atoms with Crippen LogP contribution in [0.4, 0.5) is 11.5 Å². The number of nitrogens with one attached hydrogen (secondary N) is 2. The second-order valence-electron chi connectivity index (χ2n) is 9.09. The summed E-state index contributed by atoms with van der Waals surface area (Å²) in [5, 5.41) is 11.7. The first-order chi connectivity index (χ1) is 18.4. The second-order valence-corrected chi connectivity index (χ2v) is 10.8. The highest BCUT2D eigenvalue weighted by Gasteiger charge is 2.25. The number of benzene rings is 2. The molecule has 3 heterocycles. The fourth-order valence-electron chi connectivity index (χ4n) is 4.50.